The lowest BCUT2D eigenvalue weighted by atomic mass is 9.77. The fraction of sp³-hybridized carbons (Fsp3) is 0.583. The summed E-state index contributed by atoms with van der Waals surface area (Å²) in [5.74, 6) is 1.28. The van der Waals surface area contributed by atoms with Crippen LogP contribution in [0.15, 0.2) is 23.5 Å². The molecule has 3 atom stereocenters. The van der Waals surface area contributed by atoms with E-state index in [2.05, 4.69) is 0 Å². The van der Waals surface area contributed by atoms with Crippen LogP contribution in [0.4, 0.5) is 0 Å². The summed E-state index contributed by atoms with van der Waals surface area (Å²) in [6.07, 6.45) is 3.44. The van der Waals surface area contributed by atoms with Crippen LogP contribution in [0.3, 0.4) is 0 Å². The average Bonchev–Trinajstić information content (AvgIpc) is 3.08. The first kappa shape index (κ1) is 22.5. The fourth-order valence-corrected chi connectivity index (χ4v) is 5.04. The van der Waals surface area contributed by atoms with E-state index in [0.717, 1.165) is 31.2 Å². The maximum atomic E-state index is 13.7. The highest BCUT2D eigenvalue weighted by molar-refractivity contribution is 6.11. The van der Waals surface area contributed by atoms with E-state index in [4.69, 9.17) is 18.9 Å². The second kappa shape index (κ2) is 9.02. The van der Waals surface area contributed by atoms with Crippen molar-refractivity contribution in [2.45, 2.75) is 37.8 Å². The second-order valence-electron chi connectivity index (χ2n) is 8.82. The van der Waals surface area contributed by atoms with Crippen molar-refractivity contribution in [3.05, 3.63) is 29.0 Å². The number of Topliss-reactive ketones (excluding diaryl/α,β-unsaturated/α-hetero) is 1. The first-order valence-electron chi connectivity index (χ1n) is 11.1. The van der Waals surface area contributed by atoms with Crippen molar-refractivity contribution in [3.63, 3.8) is 0 Å². The van der Waals surface area contributed by atoms with Gasteiger partial charge in [-0.1, -0.05) is 6.42 Å². The average molecular weight is 445 g/mol. The quantitative estimate of drug-likeness (QED) is 0.640. The van der Waals surface area contributed by atoms with E-state index in [9.17, 15) is 9.59 Å². The number of carbonyl (C=O) groups excluding carboxylic acids is 2. The molecule has 1 fully saturated rings. The van der Waals surface area contributed by atoms with Crippen molar-refractivity contribution in [1.29, 1.82) is 0 Å². The predicted molar refractivity (Wildman–Crippen MR) is 118 cm³/mol. The van der Waals surface area contributed by atoms with Crippen LogP contribution in [0.2, 0.25) is 0 Å². The van der Waals surface area contributed by atoms with Crippen molar-refractivity contribution < 1.29 is 28.5 Å². The lowest BCUT2D eigenvalue weighted by Crippen LogP contribution is -2.39. The molecule has 0 saturated heterocycles. The minimum absolute atomic E-state index is 0.0374. The molecule has 4 rings (SSSR count). The van der Waals surface area contributed by atoms with E-state index in [1.54, 1.807) is 26.2 Å². The molecule has 8 heteroatoms. The smallest absolute Gasteiger partial charge is 0.290 e. The number of ether oxygens (including phenoxy) is 4. The summed E-state index contributed by atoms with van der Waals surface area (Å²) in [6, 6.07) is 3.08. The van der Waals surface area contributed by atoms with Gasteiger partial charge in [0.15, 0.2) is 23.0 Å². The van der Waals surface area contributed by atoms with Crippen LogP contribution in [0, 0.1) is 5.92 Å². The minimum Gasteiger partial charge on any atom is -0.493 e. The molecule has 1 amide bonds. The van der Waals surface area contributed by atoms with Gasteiger partial charge in [0.05, 0.1) is 38.9 Å². The molecule has 3 aliphatic rings. The van der Waals surface area contributed by atoms with Gasteiger partial charge in [-0.2, -0.15) is 0 Å². The molecule has 1 saturated carbocycles. The number of nitrogens with zero attached hydrogens (tertiary/aromatic N) is 2. The number of methoxy groups -OCH3 is 3. The highest BCUT2D eigenvalue weighted by atomic mass is 16.5. The van der Waals surface area contributed by atoms with Gasteiger partial charge in [-0.05, 0) is 51.1 Å². The molecule has 0 radical (unpaired) electrons. The molecule has 3 unspecified atom stereocenters. The molecule has 8 nitrogen and oxygen atoms in total. The number of amides is 1. The normalized spacial score (nSPS) is 24.9. The minimum atomic E-state index is -0.554. The van der Waals surface area contributed by atoms with Crippen LogP contribution in [0.1, 0.15) is 37.3 Å². The van der Waals surface area contributed by atoms with Crippen LogP contribution < -0.4 is 14.2 Å². The SMILES string of the molecule is COc1cc(C2C3=C(OC4CCCCC4C3=O)C(=O)N2CCN(C)C)cc(OC)c1OC. The van der Waals surface area contributed by atoms with E-state index < -0.39 is 6.04 Å². The number of benzene rings is 1. The third-order valence-electron chi connectivity index (χ3n) is 6.65. The second-order valence-corrected chi connectivity index (χ2v) is 8.82. The summed E-state index contributed by atoms with van der Waals surface area (Å²) in [7, 11) is 8.57. The molecule has 1 aliphatic carbocycles. The van der Waals surface area contributed by atoms with Gasteiger partial charge in [0, 0.05) is 13.1 Å². The van der Waals surface area contributed by atoms with Gasteiger partial charge in [0.2, 0.25) is 5.75 Å². The lowest BCUT2D eigenvalue weighted by Gasteiger charge is -2.35. The zero-order chi connectivity index (χ0) is 23.0. The van der Waals surface area contributed by atoms with Crippen LogP contribution in [0.25, 0.3) is 0 Å². The third kappa shape index (κ3) is 3.70. The van der Waals surface area contributed by atoms with Gasteiger partial charge < -0.3 is 28.7 Å². The Labute approximate surface area is 189 Å². The lowest BCUT2D eigenvalue weighted by molar-refractivity contribution is -0.135. The number of rotatable bonds is 7. The molecule has 2 heterocycles. The van der Waals surface area contributed by atoms with Gasteiger partial charge in [-0.15, -0.1) is 0 Å². The summed E-state index contributed by atoms with van der Waals surface area (Å²) >= 11 is 0. The Morgan fingerprint density at radius 2 is 1.69 bits per heavy atom. The van der Waals surface area contributed by atoms with Gasteiger partial charge in [0.25, 0.3) is 5.91 Å². The van der Waals surface area contributed by atoms with E-state index in [1.807, 2.05) is 31.1 Å². The Hall–Kier alpha value is -2.74. The summed E-state index contributed by atoms with van der Waals surface area (Å²) in [5.41, 5.74) is 1.20. The number of ketones is 1. The molecule has 32 heavy (non-hydrogen) atoms. The fourth-order valence-electron chi connectivity index (χ4n) is 5.04. The van der Waals surface area contributed by atoms with Crippen LogP contribution in [0.5, 0.6) is 17.2 Å². The number of hydrogen-bond acceptors (Lipinski definition) is 7. The zero-order valence-corrected chi connectivity index (χ0v) is 19.5. The molecule has 0 bridgehead atoms. The first-order valence-corrected chi connectivity index (χ1v) is 11.1. The van der Waals surface area contributed by atoms with Crippen LogP contribution >= 0.6 is 0 Å². The Kier molecular flexibility index (Phi) is 6.33. The standard InChI is InChI=1S/C24H32N2O6/c1-25(2)10-11-26-20(14-12-17(29-3)22(31-5)18(13-14)30-4)19-21(27)15-8-6-7-9-16(15)32-23(19)24(26)28/h12-13,15-16,20H,6-11H2,1-5H3. The third-order valence-corrected chi connectivity index (χ3v) is 6.65. The van der Waals surface area contributed by atoms with Crippen LogP contribution in [-0.2, 0) is 14.3 Å². The van der Waals surface area contributed by atoms with Gasteiger partial charge in [0.1, 0.15) is 6.10 Å². The Morgan fingerprint density at radius 1 is 1.03 bits per heavy atom. The number of hydrogen-bond donors (Lipinski definition) is 0. The van der Waals surface area contributed by atoms with Gasteiger partial charge in [-0.3, -0.25) is 9.59 Å². The number of fused-ring (bicyclic) bond motifs is 1. The van der Waals surface area contributed by atoms with Gasteiger partial charge >= 0.3 is 0 Å². The molecule has 1 aromatic rings. The topological polar surface area (TPSA) is 77.5 Å². The molecule has 0 spiro atoms. The Balaban J connectivity index is 1.83. The maximum absolute atomic E-state index is 13.7. The van der Waals surface area contributed by atoms with Crippen molar-refractivity contribution in [2.75, 3.05) is 48.5 Å². The monoisotopic (exact) mass is 444 g/mol. The molecule has 0 N–H and O–H groups in total. The summed E-state index contributed by atoms with van der Waals surface area (Å²) in [4.78, 5) is 30.9. The summed E-state index contributed by atoms with van der Waals surface area (Å²) in [5, 5.41) is 0. The first-order chi connectivity index (χ1) is 15.4. The van der Waals surface area contributed by atoms with Crippen molar-refractivity contribution in [3.8, 4) is 17.2 Å². The molecule has 1 aromatic carbocycles. The van der Waals surface area contributed by atoms with Crippen molar-refractivity contribution in [2.24, 2.45) is 5.92 Å². The van der Waals surface area contributed by atoms with Crippen molar-refractivity contribution in [1.82, 2.24) is 9.80 Å². The zero-order valence-electron chi connectivity index (χ0n) is 19.5. The van der Waals surface area contributed by atoms with E-state index in [0.29, 0.717) is 35.9 Å². The summed E-state index contributed by atoms with van der Waals surface area (Å²) < 4.78 is 22.7. The Morgan fingerprint density at radius 3 is 2.28 bits per heavy atom. The molecular weight excluding hydrogens is 412 g/mol. The van der Waals surface area contributed by atoms with E-state index >= 15 is 0 Å². The largest absolute Gasteiger partial charge is 0.493 e. The molecule has 0 aromatic heterocycles. The maximum Gasteiger partial charge on any atom is 0.290 e. The molecule has 174 valence electrons. The Bertz CT molecular complexity index is 915. The molecular formula is C24H32N2O6. The highest BCUT2D eigenvalue weighted by Gasteiger charge is 2.52. The number of likely N-dealkylation sites (N-methyl/N-ethyl adjacent to an activating group) is 1. The van der Waals surface area contributed by atoms with Gasteiger partial charge in [-0.25, -0.2) is 0 Å². The predicted octanol–water partition coefficient (Wildman–Crippen LogP) is 2.57. The van der Waals surface area contributed by atoms with Crippen molar-refractivity contribution >= 4 is 11.7 Å². The molecule has 2 aliphatic heterocycles. The van der Waals surface area contributed by atoms with E-state index in [-0.39, 0.29) is 29.5 Å². The highest BCUT2D eigenvalue weighted by Crippen LogP contribution is 2.49. The summed E-state index contributed by atoms with van der Waals surface area (Å²) in [6.45, 7) is 1.13. The number of carbonyl (C=O) groups is 2. The van der Waals surface area contributed by atoms with E-state index in [1.165, 1.54) is 0 Å². The van der Waals surface area contributed by atoms with Crippen LogP contribution in [-0.4, -0.2) is 76.1 Å².